The molecule has 1 heterocycles. The number of methoxy groups -OCH3 is 1. The summed E-state index contributed by atoms with van der Waals surface area (Å²) in [6.45, 7) is 10.0. The van der Waals surface area contributed by atoms with Gasteiger partial charge in [-0.3, -0.25) is 9.48 Å². The number of hydrogen-bond donors (Lipinski definition) is 1. The van der Waals surface area contributed by atoms with Crippen LogP contribution in [0.4, 0.5) is 0 Å². The molecule has 7 heteroatoms. The number of hydrogen-bond acceptors (Lipinski definition) is 4. The Labute approximate surface area is 168 Å². The Morgan fingerprint density at radius 3 is 2.70 bits per heavy atom. The second-order valence-corrected chi connectivity index (χ2v) is 8.38. The largest absolute Gasteiger partial charge is 0.467 e. The minimum Gasteiger partial charge on any atom is -0.467 e. The van der Waals surface area contributed by atoms with Crippen molar-refractivity contribution in [2.24, 2.45) is 5.41 Å². The quantitative estimate of drug-likeness (QED) is 0.403. The van der Waals surface area contributed by atoms with Crippen molar-refractivity contribution in [3.05, 3.63) is 41.0 Å². The van der Waals surface area contributed by atoms with Crippen molar-refractivity contribution in [1.29, 1.82) is 0 Å². The van der Waals surface area contributed by atoms with Crippen molar-refractivity contribution in [3.63, 3.8) is 0 Å². The van der Waals surface area contributed by atoms with Gasteiger partial charge >= 0.3 is 5.97 Å². The zero-order chi connectivity index (χ0) is 20.2. The van der Waals surface area contributed by atoms with Gasteiger partial charge in [0.05, 0.1) is 12.6 Å². The molecule has 1 aromatic heterocycles. The fourth-order valence-electron chi connectivity index (χ4n) is 2.82. The third kappa shape index (κ3) is 4.97. The molecule has 6 nitrogen and oxygen atoms in total. The number of esters is 1. The Bertz CT molecular complexity index is 852. The number of benzene rings is 1. The van der Waals surface area contributed by atoms with Crippen LogP contribution in [0.1, 0.15) is 44.1 Å². The number of nitrogens with zero attached hydrogens (tertiary/aromatic N) is 2. The SMILES string of the molecule is C=CCCCn1nc(C(=O)N[C@H](C(=O)OC)C(C)(C)C)c2cc(Br)ccc21. The van der Waals surface area contributed by atoms with Crippen LogP contribution in [-0.2, 0) is 16.1 Å². The number of nitrogens with one attached hydrogen (secondary N) is 1. The van der Waals surface area contributed by atoms with Gasteiger partial charge in [-0.15, -0.1) is 6.58 Å². The predicted octanol–water partition coefficient (Wildman–Crippen LogP) is 4.08. The minimum absolute atomic E-state index is 0.294. The Balaban J connectivity index is 2.41. The lowest BCUT2D eigenvalue weighted by Gasteiger charge is -2.28. The Morgan fingerprint density at radius 1 is 1.41 bits per heavy atom. The van der Waals surface area contributed by atoms with Crippen LogP contribution in [0.15, 0.2) is 35.3 Å². The zero-order valence-corrected chi connectivity index (χ0v) is 17.8. The van der Waals surface area contributed by atoms with Crippen LogP contribution >= 0.6 is 15.9 Å². The van der Waals surface area contributed by atoms with Gasteiger partial charge in [-0.2, -0.15) is 5.10 Å². The van der Waals surface area contributed by atoms with Crippen LogP contribution in [0.2, 0.25) is 0 Å². The average Bonchev–Trinajstić information content (AvgIpc) is 2.96. The van der Waals surface area contributed by atoms with E-state index in [-0.39, 0.29) is 0 Å². The standard InChI is InChI=1S/C20H26BrN3O3/c1-6-7-8-11-24-15-10-9-13(21)12-14(15)16(23-24)18(25)22-17(19(26)27-5)20(2,3)4/h6,9-10,12,17H,1,7-8,11H2,2-5H3,(H,22,25)/t17-/m1/s1. The maximum Gasteiger partial charge on any atom is 0.328 e. The number of carbonyl (C=O) groups excluding carboxylic acids is 2. The number of fused-ring (bicyclic) bond motifs is 1. The highest BCUT2D eigenvalue weighted by molar-refractivity contribution is 9.10. The highest BCUT2D eigenvalue weighted by Gasteiger charge is 2.34. The number of amides is 1. The number of rotatable bonds is 7. The van der Waals surface area contributed by atoms with Crippen molar-refractivity contribution in [1.82, 2.24) is 15.1 Å². The predicted molar refractivity (Wildman–Crippen MR) is 110 cm³/mol. The molecular weight excluding hydrogens is 410 g/mol. The molecule has 0 spiro atoms. The molecule has 0 aliphatic rings. The smallest absolute Gasteiger partial charge is 0.328 e. The van der Waals surface area contributed by atoms with Gasteiger partial charge in [-0.25, -0.2) is 4.79 Å². The van der Waals surface area contributed by atoms with E-state index in [9.17, 15) is 9.59 Å². The summed E-state index contributed by atoms with van der Waals surface area (Å²) < 4.78 is 7.54. The van der Waals surface area contributed by atoms with Crippen LogP contribution in [0.25, 0.3) is 10.9 Å². The van der Waals surface area contributed by atoms with Gasteiger partial charge in [0.15, 0.2) is 5.69 Å². The molecule has 2 rings (SSSR count). The molecule has 0 saturated carbocycles. The highest BCUT2D eigenvalue weighted by Crippen LogP contribution is 2.25. The molecule has 0 aliphatic carbocycles. The highest BCUT2D eigenvalue weighted by atomic mass is 79.9. The summed E-state index contributed by atoms with van der Waals surface area (Å²) in [5, 5.41) is 8.05. The second kappa shape index (κ2) is 8.69. The molecule has 0 aliphatic heterocycles. The van der Waals surface area contributed by atoms with Crippen LogP contribution in [0.5, 0.6) is 0 Å². The molecule has 0 saturated heterocycles. The number of halogens is 1. The van der Waals surface area contributed by atoms with Crippen LogP contribution < -0.4 is 5.32 Å². The first-order valence-corrected chi connectivity index (χ1v) is 9.64. The molecule has 1 amide bonds. The third-order valence-corrected chi connectivity index (χ3v) is 4.78. The molecule has 1 atom stereocenters. The fraction of sp³-hybridized carbons (Fsp3) is 0.450. The summed E-state index contributed by atoms with van der Waals surface area (Å²) in [5.74, 6) is -0.877. The van der Waals surface area contributed by atoms with E-state index < -0.39 is 23.3 Å². The van der Waals surface area contributed by atoms with Crippen molar-refractivity contribution in [3.8, 4) is 0 Å². The van der Waals surface area contributed by atoms with Crippen molar-refractivity contribution >= 4 is 38.7 Å². The first-order valence-electron chi connectivity index (χ1n) is 8.84. The van der Waals surface area contributed by atoms with Gasteiger partial charge in [-0.05, 0) is 36.5 Å². The second-order valence-electron chi connectivity index (χ2n) is 7.46. The number of allylic oxidation sites excluding steroid dienone is 1. The molecular formula is C20H26BrN3O3. The topological polar surface area (TPSA) is 73.2 Å². The minimum atomic E-state index is -0.775. The number of carbonyl (C=O) groups is 2. The van der Waals surface area contributed by atoms with Gasteiger partial charge in [0, 0.05) is 16.4 Å². The van der Waals surface area contributed by atoms with Crippen LogP contribution in [0, 0.1) is 5.41 Å². The fourth-order valence-corrected chi connectivity index (χ4v) is 3.18. The molecule has 0 bridgehead atoms. The normalized spacial score (nSPS) is 12.6. The molecule has 0 fully saturated rings. The van der Waals surface area contributed by atoms with Crippen molar-refractivity contribution in [2.45, 2.75) is 46.2 Å². The summed E-state index contributed by atoms with van der Waals surface area (Å²) in [4.78, 5) is 25.1. The Hall–Kier alpha value is -2.15. The number of aromatic nitrogens is 2. The van der Waals surface area contributed by atoms with Gasteiger partial charge in [0.1, 0.15) is 6.04 Å². The number of aryl methyl sites for hydroxylation is 1. The van der Waals surface area contributed by atoms with Crippen LogP contribution in [0.3, 0.4) is 0 Å². The lowest BCUT2D eigenvalue weighted by molar-refractivity contribution is -0.145. The zero-order valence-electron chi connectivity index (χ0n) is 16.2. The van der Waals surface area contributed by atoms with Gasteiger partial charge < -0.3 is 10.1 Å². The van der Waals surface area contributed by atoms with Gasteiger partial charge in [-0.1, -0.05) is 42.8 Å². The maximum absolute atomic E-state index is 13.0. The Morgan fingerprint density at radius 2 is 2.11 bits per heavy atom. The maximum atomic E-state index is 13.0. The van der Waals surface area contributed by atoms with E-state index in [0.717, 1.165) is 28.2 Å². The van der Waals surface area contributed by atoms with E-state index in [1.807, 2.05) is 49.7 Å². The van der Waals surface area contributed by atoms with E-state index in [2.05, 4.69) is 32.9 Å². The third-order valence-electron chi connectivity index (χ3n) is 4.28. The van der Waals surface area contributed by atoms with E-state index in [1.165, 1.54) is 7.11 Å². The molecule has 1 N–H and O–H groups in total. The molecule has 1 aromatic carbocycles. The molecule has 27 heavy (non-hydrogen) atoms. The van der Waals surface area contributed by atoms with Crippen molar-refractivity contribution in [2.75, 3.05) is 7.11 Å². The molecule has 0 unspecified atom stereocenters. The lowest BCUT2D eigenvalue weighted by Crippen LogP contribution is -2.49. The number of unbranched alkanes of at least 4 members (excludes halogenated alkanes) is 1. The van der Waals surface area contributed by atoms with Gasteiger partial charge in [0.25, 0.3) is 5.91 Å². The van der Waals surface area contributed by atoms with E-state index in [4.69, 9.17) is 4.74 Å². The summed E-state index contributed by atoms with van der Waals surface area (Å²) in [6.07, 6.45) is 3.61. The van der Waals surface area contributed by atoms with E-state index in [0.29, 0.717) is 12.2 Å². The first kappa shape index (κ1) is 21.2. The van der Waals surface area contributed by atoms with Crippen LogP contribution in [-0.4, -0.2) is 34.8 Å². The monoisotopic (exact) mass is 435 g/mol. The lowest BCUT2D eigenvalue weighted by atomic mass is 9.86. The average molecular weight is 436 g/mol. The first-order chi connectivity index (χ1) is 12.7. The van der Waals surface area contributed by atoms with E-state index in [1.54, 1.807) is 0 Å². The summed E-state index contributed by atoms with van der Waals surface area (Å²) in [5.41, 5.74) is 0.673. The molecule has 2 aromatic rings. The summed E-state index contributed by atoms with van der Waals surface area (Å²) in [6, 6.07) is 4.94. The molecule has 146 valence electrons. The van der Waals surface area contributed by atoms with Gasteiger partial charge in [0.2, 0.25) is 0 Å². The summed E-state index contributed by atoms with van der Waals surface area (Å²) in [7, 11) is 1.31. The summed E-state index contributed by atoms with van der Waals surface area (Å²) >= 11 is 3.45. The Kier molecular flexibility index (Phi) is 6.81. The number of ether oxygens (including phenoxy) is 1. The molecule has 0 radical (unpaired) electrons. The van der Waals surface area contributed by atoms with E-state index >= 15 is 0 Å². The van der Waals surface area contributed by atoms with Crippen molar-refractivity contribution < 1.29 is 14.3 Å².